The Kier molecular flexibility index (Phi) is 6.44. The molecule has 1 amide bonds. The number of amides is 1. The first-order chi connectivity index (χ1) is 16.8. The summed E-state index contributed by atoms with van der Waals surface area (Å²) in [6.07, 6.45) is 14.2. The number of ether oxygens (including phenoxy) is 1. The van der Waals surface area contributed by atoms with Crippen LogP contribution in [0.3, 0.4) is 0 Å². The summed E-state index contributed by atoms with van der Waals surface area (Å²) < 4.78 is 11.1. The number of hydrogen-bond acceptors (Lipinski definition) is 5. The fourth-order valence-corrected chi connectivity index (χ4v) is 6.55. The number of aromatic nitrogens is 1. The fourth-order valence-electron chi connectivity index (χ4n) is 6.55. The van der Waals surface area contributed by atoms with Crippen molar-refractivity contribution in [3.8, 4) is 11.3 Å². The van der Waals surface area contributed by atoms with Gasteiger partial charge in [-0.3, -0.25) is 4.79 Å². The summed E-state index contributed by atoms with van der Waals surface area (Å²) in [5.41, 5.74) is 4.23. The van der Waals surface area contributed by atoms with Gasteiger partial charge in [0.05, 0.1) is 19.3 Å². The van der Waals surface area contributed by atoms with Crippen LogP contribution in [0.4, 0.5) is 0 Å². The highest BCUT2D eigenvalue weighted by Gasteiger charge is 2.34. The molecule has 1 aromatic heterocycles. The Morgan fingerprint density at radius 3 is 2.26 bits per heavy atom. The minimum atomic E-state index is 0.0712. The van der Waals surface area contributed by atoms with E-state index < -0.39 is 0 Å². The number of rotatable bonds is 6. The van der Waals surface area contributed by atoms with Gasteiger partial charge >= 0.3 is 0 Å². The maximum atomic E-state index is 13.7. The van der Waals surface area contributed by atoms with Crippen molar-refractivity contribution >= 4 is 5.91 Å². The van der Waals surface area contributed by atoms with Crippen LogP contribution in [0.2, 0.25) is 0 Å². The number of carbonyl (C=O) groups is 1. The smallest absolute Gasteiger partial charge is 0.276 e. The Bertz CT molecular complexity index is 984. The molecule has 2 aromatic rings. The van der Waals surface area contributed by atoms with E-state index >= 15 is 0 Å². The van der Waals surface area contributed by atoms with E-state index in [4.69, 9.17) is 9.26 Å². The van der Waals surface area contributed by atoms with Gasteiger partial charge in [-0.05, 0) is 55.7 Å². The number of carbonyl (C=O) groups excluding carboxylic acids is 1. The predicted molar refractivity (Wildman–Crippen MR) is 131 cm³/mol. The van der Waals surface area contributed by atoms with E-state index in [-0.39, 0.29) is 5.91 Å². The number of fused-ring (bicyclic) bond motifs is 1. The first kappa shape index (κ1) is 22.3. The Morgan fingerprint density at radius 1 is 0.912 bits per heavy atom. The number of hydrogen-bond donors (Lipinski definition) is 1. The van der Waals surface area contributed by atoms with Gasteiger partial charge in [-0.1, -0.05) is 55.8 Å². The van der Waals surface area contributed by atoms with E-state index in [1.165, 1.54) is 49.7 Å². The molecule has 0 radical (unpaired) electrons. The third kappa shape index (κ3) is 4.42. The largest absolute Gasteiger partial charge is 0.378 e. The highest BCUT2D eigenvalue weighted by molar-refractivity contribution is 5.93. The Balaban J connectivity index is 1.20. The van der Waals surface area contributed by atoms with E-state index in [9.17, 15) is 4.79 Å². The molecule has 1 unspecified atom stereocenters. The molecule has 0 bridgehead atoms. The maximum Gasteiger partial charge on any atom is 0.276 e. The van der Waals surface area contributed by atoms with Gasteiger partial charge in [0.25, 0.3) is 5.91 Å². The summed E-state index contributed by atoms with van der Waals surface area (Å²) in [7, 11) is 0. The molecule has 1 atom stereocenters. The van der Waals surface area contributed by atoms with E-state index in [0.717, 1.165) is 57.3 Å². The number of aryl methyl sites for hydroxylation is 1. The molecule has 0 spiro atoms. The molecular weight excluding hydrogens is 426 g/mol. The molecule has 1 aromatic carbocycles. The van der Waals surface area contributed by atoms with Crippen molar-refractivity contribution in [3.05, 3.63) is 41.1 Å². The number of nitrogens with one attached hydrogen (secondary N) is 1. The molecular formula is C28H37N3O3. The van der Waals surface area contributed by atoms with Crippen LogP contribution in [-0.4, -0.2) is 47.3 Å². The molecule has 2 saturated carbocycles. The van der Waals surface area contributed by atoms with Crippen molar-refractivity contribution in [1.29, 1.82) is 0 Å². The van der Waals surface area contributed by atoms with Gasteiger partial charge in [-0.25, -0.2) is 0 Å². The third-order valence-corrected chi connectivity index (χ3v) is 8.48. The van der Waals surface area contributed by atoms with Crippen LogP contribution in [0.25, 0.3) is 11.3 Å². The van der Waals surface area contributed by atoms with Crippen molar-refractivity contribution < 1.29 is 14.1 Å². The second-order valence-corrected chi connectivity index (χ2v) is 10.8. The molecule has 6 rings (SSSR count). The SMILES string of the molecule is O=C(c1cc(-c2ccc3c(c2)CCC3NC2COC2)on1)N(C1CCCCC1)C1CCCCC1. The summed E-state index contributed by atoms with van der Waals surface area (Å²) in [6, 6.07) is 10.0. The van der Waals surface area contributed by atoms with Gasteiger partial charge < -0.3 is 19.5 Å². The summed E-state index contributed by atoms with van der Waals surface area (Å²) in [4.78, 5) is 16.0. The lowest BCUT2D eigenvalue weighted by atomic mass is 9.88. The molecule has 34 heavy (non-hydrogen) atoms. The van der Waals surface area contributed by atoms with Crippen molar-refractivity contribution in [2.75, 3.05) is 13.2 Å². The predicted octanol–water partition coefficient (Wildman–Crippen LogP) is 5.42. The molecule has 1 N–H and O–H groups in total. The van der Waals surface area contributed by atoms with E-state index in [0.29, 0.717) is 35.6 Å². The number of benzene rings is 1. The van der Waals surface area contributed by atoms with Crippen LogP contribution >= 0.6 is 0 Å². The first-order valence-electron chi connectivity index (χ1n) is 13.5. The van der Waals surface area contributed by atoms with Gasteiger partial charge in [0.15, 0.2) is 11.5 Å². The van der Waals surface area contributed by atoms with Gasteiger partial charge in [-0.15, -0.1) is 0 Å². The molecule has 182 valence electrons. The third-order valence-electron chi connectivity index (χ3n) is 8.48. The van der Waals surface area contributed by atoms with Crippen molar-refractivity contribution in [3.63, 3.8) is 0 Å². The minimum Gasteiger partial charge on any atom is -0.378 e. The fraction of sp³-hybridized carbons (Fsp3) is 0.643. The van der Waals surface area contributed by atoms with Crippen LogP contribution in [0.5, 0.6) is 0 Å². The maximum absolute atomic E-state index is 13.7. The standard InChI is InChI=1S/C28H37N3O3/c32-28(31(22-7-3-1-4-8-22)23-9-5-2-6-10-23)26-16-27(34-30-26)20-11-13-24-19(15-20)12-14-25(24)29-21-17-33-18-21/h11,13,15-16,21-23,25,29H,1-10,12,14,17-18H2. The Morgan fingerprint density at radius 2 is 1.62 bits per heavy atom. The lowest BCUT2D eigenvalue weighted by Crippen LogP contribution is -2.48. The van der Waals surface area contributed by atoms with Crippen molar-refractivity contribution in [2.45, 2.75) is 101 Å². The lowest BCUT2D eigenvalue weighted by Gasteiger charge is -2.41. The van der Waals surface area contributed by atoms with Crippen LogP contribution in [0.15, 0.2) is 28.8 Å². The molecule has 3 fully saturated rings. The van der Waals surface area contributed by atoms with Gasteiger partial charge in [0.2, 0.25) is 0 Å². The molecule has 1 aliphatic heterocycles. The molecule has 6 nitrogen and oxygen atoms in total. The summed E-state index contributed by atoms with van der Waals surface area (Å²) in [6.45, 7) is 1.63. The van der Waals surface area contributed by atoms with Crippen LogP contribution in [0, 0.1) is 0 Å². The molecule has 1 saturated heterocycles. The first-order valence-corrected chi connectivity index (χ1v) is 13.5. The Hall–Kier alpha value is -2.18. The van der Waals surface area contributed by atoms with Crippen LogP contribution in [0.1, 0.15) is 98.3 Å². The average molecular weight is 464 g/mol. The highest BCUT2D eigenvalue weighted by atomic mass is 16.5. The molecule has 4 aliphatic rings. The summed E-state index contributed by atoms with van der Waals surface area (Å²) in [5, 5.41) is 7.99. The summed E-state index contributed by atoms with van der Waals surface area (Å²) in [5.74, 6) is 0.768. The topological polar surface area (TPSA) is 67.6 Å². The van der Waals surface area contributed by atoms with E-state index in [1.54, 1.807) is 0 Å². The zero-order valence-electron chi connectivity index (χ0n) is 20.1. The second-order valence-electron chi connectivity index (χ2n) is 10.8. The highest BCUT2D eigenvalue weighted by Crippen LogP contribution is 2.36. The second kappa shape index (κ2) is 9.82. The average Bonchev–Trinajstić information content (AvgIpc) is 3.50. The monoisotopic (exact) mass is 463 g/mol. The van der Waals surface area contributed by atoms with Gasteiger partial charge in [-0.2, -0.15) is 0 Å². The van der Waals surface area contributed by atoms with Crippen molar-refractivity contribution in [1.82, 2.24) is 15.4 Å². The summed E-state index contributed by atoms with van der Waals surface area (Å²) >= 11 is 0. The van der Waals surface area contributed by atoms with Gasteiger partial charge in [0, 0.05) is 29.8 Å². The van der Waals surface area contributed by atoms with Gasteiger partial charge in [0.1, 0.15) is 0 Å². The van der Waals surface area contributed by atoms with Crippen LogP contribution in [-0.2, 0) is 11.2 Å². The van der Waals surface area contributed by atoms with E-state index in [1.807, 2.05) is 6.07 Å². The normalized spacial score (nSPS) is 24.1. The van der Waals surface area contributed by atoms with E-state index in [2.05, 4.69) is 33.6 Å². The minimum absolute atomic E-state index is 0.0712. The number of nitrogens with zero attached hydrogens (tertiary/aromatic N) is 2. The Labute approximate surface area is 202 Å². The van der Waals surface area contributed by atoms with Crippen LogP contribution < -0.4 is 5.32 Å². The van der Waals surface area contributed by atoms with Crippen molar-refractivity contribution in [2.24, 2.45) is 0 Å². The molecule has 6 heteroatoms. The quantitative estimate of drug-likeness (QED) is 0.619. The zero-order valence-corrected chi connectivity index (χ0v) is 20.1. The lowest BCUT2D eigenvalue weighted by molar-refractivity contribution is -0.0100. The molecule has 2 heterocycles. The molecule has 3 aliphatic carbocycles. The zero-order chi connectivity index (χ0) is 22.9.